The molecule has 23 heavy (non-hydrogen) atoms. The van der Waals surface area contributed by atoms with Crippen LogP contribution >= 0.6 is 0 Å². The third-order valence-corrected chi connectivity index (χ3v) is 7.36. The SMILES string of the molecule is CCC12CN3CC(C)(CN(C1)C31CC(C)(C)NC(C)(C)C1)C2O. The van der Waals surface area contributed by atoms with Gasteiger partial charge in [0.05, 0.1) is 11.8 Å². The third kappa shape index (κ3) is 2.04. The number of aliphatic hydroxyl groups excluding tert-OH is 1. The van der Waals surface area contributed by atoms with Crippen molar-refractivity contribution in [1.82, 2.24) is 15.1 Å². The van der Waals surface area contributed by atoms with Crippen molar-refractivity contribution in [3.05, 3.63) is 0 Å². The Kier molecular flexibility index (Phi) is 3.07. The van der Waals surface area contributed by atoms with E-state index < -0.39 is 0 Å². The maximum absolute atomic E-state index is 11.1. The van der Waals surface area contributed by atoms with Gasteiger partial charge in [-0.1, -0.05) is 13.8 Å². The lowest BCUT2D eigenvalue weighted by Gasteiger charge is -2.75. The molecule has 3 unspecified atom stereocenters. The molecule has 0 aromatic rings. The van der Waals surface area contributed by atoms with Crippen molar-refractivity contribution in [3.8, 4) is 0 Å². The van der Waals surface area contributed by atoms with E-state index in [4.69, 9.17) is 0 Å². The van der Waals surface area contributed by atoms with E-state index >= 15 is 0 Å². The highest BCUT2D eigenvalue weighted by Gasteiger charge is 2.69. The highest BCUT2D eigenvalue weighted by Crippen LogP contribution is 2.59. The number of nitrogens with one attached hydrogen (secondary N) is 1. The first kappa shape index (κ1) is 16.3. The number of hydrogen-bond donors (Lipinski definition) is 2. The van der Waals surface area contributed by atoms with E-state index in [1.165, 1.54) is 12.8 Å². The van der Waals surface area contributed by atoms with Crippen molar-refractivity contribution in [1.29, 1.82) is 0 Å². The van der Waals surface area contributed by atoms with Crippen LogP contribution in [0.2, 0.25) is 0 Å². The summed E-state index contributed by atoms with van der Waals surface area (Å²) in [6.07, 6.45) is 3.29. The third-order valence-electron chi connectivity index (χ3n) is 7.36. The predicted molar refractivity (Wildman–Crippen MR) is 93.2 cm³/mol. The van der Waals surface area contributed by atoms with Gasteiger partial charge in [-0.15, -0.1) is 0 Å². The van der Waals surface area contributed by atoms with Gasteiger partial charge in [0, 0.05) is 48.1 Å². The monoisotopic (exact) mass is 321 g/mol. The summed E-state index contributed by atoms with van der Waals surface area (Å²) >= 11 is 0. The van der Waals surface area contributed by atoms with Crippen LogP contribution in [0.3, 0.4) is 0 Å². The topological polar surface area (TPSA) is 38.7 Å². The summed E-state index contributed by atoms with van der Waals surface area (Å²) < 4.78 is 0. The fourth-order valence-corrected chi connectivity index (χ4v) is 7.06. The van der Waals surface area contributed by atoms with Crippen LogP contribution in [0, 0.1) is 10.8 Å². The van der Waals surface area contributed by atoms with Gasteiger partial charge in [0.1, 0.15) is 0 Å². The first-order valence-electron chi connectivity index (χ1n) is 9.44. The summed E-state index contributed by atoms with van der Waals surface area (Å²) in [7, 11) is 0. The standard InChI is InChI=1S/C19H35N3O/c1-7-18-12-21-10-17(6,14(18)23)11-22(13-18)19(21)8-15(2,3)20-16(4,5)9-19/h14,20,23H,7-13H2,1-6H3. The van der Waals surface area contributed by atoms with Crippen molar-refractivity contribution < 1.29 is 5.11 Å². The van der Waals surface area contributed by atoms with Crippen molar-refractivity contribution in [2.45, 2.75) is 83.6 Å². The zero-order chi connectivity index (χ0) is 16.9. The summed E-state index contributed by atoms with van der Waals surface area (Å²) in [5.74, 6) is 0. The molecule has 1 spiro atoms. The van der Waals surface area contributed by atoms with Gasteiger partial charge in [0.15, 0.2) is 0 Å². The van der Waals surface area contributed by atoms with Crippen LogP contribution in [0.5, 0.6) is 0 Å². The maximum Gasteiger partial charge on any atom is 0.0773 e. The number of aliphatic hydroxyl groups is 1. The molecule has 0 radical (unpaired) electrons. The number of rotatable bonds is 1. The second-order valence-corrected chi connectivity index (χ2v) is 10.7. The zero-order valence-corrected chi connectivity index (χ0v) is 15.9. The molecule has 132 valence electrons. The van der Waals surface area contributed by atoms with E-state index in [0.717, 1.165) is 32.6 Å². The lowest BCUT2D eigenvalue weighted by atomic mass is 9.55. The van der Waals surface area contributed by atoms with Gasteiger partial charge in [-0.2, -0.15) is 0 Å². The Hall–Kier alpha value is -0.160. The van der Waals surface area contributed by atoms with Crippen molar-refractivity contribution in [2.24, 2.45) is 10.8 Å². The average Bonchev–Trinajstić information content (AvgIpc) is 2.36. The smallest absolute Gasteiger partial charge is 0.0773 e. The van der Waals surface area contributed by atoms with Gasteiger partial charge in [-0.05, 0) is 47.0 Å². The second-order valence-electron chi connectivity index (χ2n) is 10.7. The Morgan fingerprint density at radius 3 is 1.83 bits per heavy atom. The van der Waals surface area contributed by atoms with Crippen LogP contribution in [0.15, 0.2) is 0 Å². The minimum Gasteiger partial charge on any atom is -0.392 e. The molecule has 0 aliphatic carbocycles. The summed E-state index contributed by atoms with van der Waals surface area (Å²) in [5, 5.41) is 14.9. The van der Waals surface area contributed by atoms with Crippen molar-refractivity contribution in [3.63, 3.8) is 0 Å². The molecule has 5 saturated heterocycles. The average molecular weight is 322 g/mol. The Bertz CT molecular complexity index is 493. The van der Waals surface area contributed by atoms with Gasteiger partial charge in [0.2, 0.25) is 0 Å². The zero-order valence-electron chi connectivity index (χ0n) is 15.9. The lowest BCUT2D eigenvalue weighted by Crippen LogP contribution is -2.87. The van der Waals surface area contributed by atoms with E-state index in [0.29, 0.717) is 0 Å². The number of nitrogens with zero attached hydrogens (tertiary/aromatic N) is 2. The second kappa shape index (κ2) is 4.32. The predicted octanol–water partition coefficient (Wildman–Crippen LogP) is 2.03. The van der Waals surface area contributed by atoms with Crippen LogP contribution in [-0.2, 0) is 0 Å². The normalized spacial score (nSPS) is 52.0. The molecule has 4 nitrogen and oxygen atoms in total. The van der Waals surface area contributed by atoms with Crippen LogP contribution < -0.4 is 5.32 Å². The summed E-state index contributed by atoms with van der Waals surface area (Å²) in [5.41, 5.74) is 0.592. The molecule has 0 amide bonds. The molecule has 0 saturated carbocycles. The number of piperidine rings is 3. The molecule has 2 N–H and O–H groups in total. The van der Waals surface area contributed by atoms with E-state index in [2.05, 4.69) is 56.7 Å². The molecule has 5 aliphatic heterocycles. The Morgan fingerprint density at radius 2 is 1.39 bits per heavy atom. The highest BCUT2D eigenvalue weighted by atomic mass is 16.3. The van der Waals surface area contributed by atoms with Crippen molar-refractivity contribution in [2.75, 3.05) is 26.2 Å². The molecule has 5 rings (SSSR count). The Balaban J connectivity index is 1.77. The van der Waals surface area contributed by atoms with Gasteiger partial charge < -0.3 is 10.4 Å². The molecule has 4 bridgehead atoms. The minimum absolute atomic E-state index is 0.0386. The van der Waals surface area contributed by atoms with Crippen molar-refractivity contribution >= 4 is 0 Å². The first-order chi connectivity index (χ1) is 10.5. The van der Waals surface area contributed by atoms with E-state index in [9.17, 15) is 5.11 Å². The Labute approximate surface area is 141 Å². The molecule has 5 aliphatic rings. The first-order valence-corrected chi connectivity index (χ1v) is 9.44. The minimum atomic E-state index is -0.146. The fraction of sp³-hybridized carbons (Fsp3) is 1.00. The number of hydrogen-bond acceptors (Lipinski definition) is 4. The fourth-order valence-electron chi connectivity index (χ4n) is 7.06. The van der Waals surface area contributed by atoms with Gasteiger partial charge in [0.25, 0.3) is 0 Å². The van der Waals surface area contributed by atoms with Crippen LogP contribution in [0.4, 0.5) is 0 Å². The van der Waals surface area contributed by atoms with Gasteiger partial charge >= 0.3 is 0 Å². The summed E-state index contributed by atoms with van der Waals surface area (Å²) in [4.78, 5) is 5.53. The largest absolute Gasteiger partial charge is 0.392 e. The summed E-state index contributed by atoms with van der Waals surface area (Å²) in [6.45, 7) is 18.3. The molecular formula is C19H35N3O. The van der Waals surface area contributed by atoms with E-state index in [-0.39, 0.29) is 33.7 Å². The maximum atomic E-state index is 11.1. The van der Waals surface area contributed by atoms with Crippen LogP contribution in [0.25, 0.3) is 0 Å². The van der Waals surface area contributed by atoms with Crippen LogP contribution in [-0.4, -0.2) is 63.9 Å². The quantitative estimate of drug-likeness (QED) is 0.775. The van der Waals surface area contributed by atoms with Crippen LogP contribution in [0.1, 0.15) is 60.8 Å². The molecule has 5 fully saturated rings. The molecule has 4 heteroatoms. The molecule has 5 heterocycles. The lowest BCUT2D eigenvalue weighted by molar-refractivity contribution is -0.307. The Morgan fingerprint density at radius 1 is 0.913 bits per heavy atom. The van der Waals surface area contributed by atoms with E-state index in [1.54, 1.807) is 0 Å². The molecule has 0 aromatic heterocycles. The molecule has 0 aromatic carbocycles. The summed E-state index contributed by atoms with van der Waals surface area (Å²) in [6, 6.07) is 0. The highest BCUT2D eigenvalue weighted by molar-refractivity contribution is 5.21. The molecular weight excluding hydrogens is 286 g/mol. The van der Waals surface area contributed by atoms with Gasteiger partial charge in [-0.25, -0.2) is 0 Å². The van der Waals surface area contributed by atoms with E-state index in [1.807, 2.05) is 0 Å². The van der Waals surface area contributed by atoms with Gasteiger partial charge in [-0.3, -0.25) is 9.80 Å². The molecule has 3 atom stereocenters.